The first kappa shape index (κ1) is 26.5. The van der Waals surface area contributed by atoms with Crippen LogP contribution in [0, 0.1) is 6.92 Å². The number of rotatable bonds is 9. The van der Waals surface area contributed by atoms with Crippen LogP contribution in [0.3, 0.4) is 0 Å². The second-order valence-corrected chi connectivity index (χ2v) is 10.9. The summed E-state index contributed by atoms with van der Waals surface area (Å²) in [6.07, 6.45) is 1.45. The van der Waals surface area contributed by atoms with Gasteiger partial charge in [-0.05, 0) is 65.7 Å². The zero-order valence-electron chi connectivity index (χ0n) is 21.7. The molecule has 1 aromatic heterocycles. The van der Waals surface area contributed by atoms with Gasteiger partial charge in [0.2, 0.25) is 5.89 Å². The number of hydrogen-bond acceptors (Lipinski definition) is 7. The van der Waals surface area contributed by atoms with E-state index < -0.39 is 16.2 Å². The van der Waals surface area contributed by atoms with Crippen LogP contribution in [-0.4, -0.2) is 30.4 Å². The largest absolute Gasteiger partial charge is 0.487 e. The molecule has 3 aromatic carbocycles. The zero-order chi connectivity index (χ0) is 27.4. The number of anilines is 1. The molecule has 4 aromatic rings. The highest BCUT2D eigenvalue weighted by molar-refractivity contribution is 7.90. The molecule has 202 valence electrons. The van der Waals surface area contributed by atoms with E-state index in [4.69, 9.17) is 14.0 Å². The molecule has 0 fully saturated rings. The lowest BCUT2D eigenvalue weighted by molar-refractivity contribution is -0.168. The first-order chi connectivity index (χ1) is 18.8. The topological polar surface area (TPSA) is 102 Å². The van der Waals surface area contributed by atoms with E-state index in [2.05, 4.69) is 4.98 Å². The molecule has 0 bridgehead atoms. The first-order valence-corrected chi connectivity index (χ1v) is 14.0. The summed E-state index contributed by atoms with van der Waals surface area (Å²) in [6.45, 7) is 3.29. The van der Waals surface area contributed by atoms with Crippen LogP contribution in [0.25, 0.3) is 11.5 Å². The molecule has 0 unspecified atom stereocenters. The molecular formula is C29H29N3O6S. The summed E-state index contributed by atoms with van der Waals surface area (Å²) in [5.41, 5.74) is 3.65. The maximum atomic E-state index is 13.7. The van der Waals surface area contributed by atoms with Crippen LogP contribution in [0.4, 0.5) is 5.69 Å². The fraction of sp³-hybridized carbons (Fsp3) is 0.241. The Bertz CT molecular complexity index is 1570. The van der Waals surface area contributed by atoms with Gasteiger partial charge in [0, 0.05) is 19.0 Å². The first-order valence-electron chi connectivity index (χ1n) is 12.6. The lowest BCUT2D eigenvalue weighted by Crippen LogP contribution is -2.46. The van der Waals surface area contributed by atoms with Gasteiger partial charge in [-0.1, -0.05) is 48.5 Å². The smallest absolute Gasteiger partial charge is 0.335 e. The second-order valence-electron chi connectivity index (χ2n) is 9.18. The Morgan fingerprint density at radius 3 is 2.62 bits per heavy atom. The van der Waals surface area contributed by atoms with E-state index in [0.29, 0.717) is 47.3 Å². The van der Waals surface area contributed by atoms with Gasteiger partial charge in [0.1, 0.15) is 23.8 Å². The van der Waals surface area contributed by atoms with E-state index >= 15 is 0 Å². The molecule has 9 nitrogen and oxygen atoms in total. The van der Waals surface area contributed by atoms with E-state index in [1.807, 2.05) is 49.4 Å². The summed E-state index contributed by atoms with van der Waals surface area (Å²) < 4.78 is 41.1. The number of hydrogen-bond donors (Lipinski definition) is 0. The number of carbonyl (C=O) groups is 1. The fourth-order valence-electron chi connectivity index (χ4n) is 4.45. The third-order valence-electron chi connectivity index (χ3n) is 6.33. The molecule has 0 aliphatic carbocycles. The van der Waals surface area contributed by atoms with E-state index in [1.165, 1.54) is 11.2 Å². The molecule has 0 radical (unpaired) electrons. The quantitative estimate of drug-likeness (QED) is 0.265. The van der Waals surface area contributed by atoms with Crippen LogP contribution in [0.15, 0.2) is 83.3 Å². The molecule has 1 aliphatic rings. The van der Waals surface area contributed by atoms with Crippen LogP contribution in [0.5, 0.6) is 5.75 Å². The summed E-state index contributed by atoms with van der Waals surface area (Å²) in [5.74, 6) is 0.951. The molecular weight excluding hydrogens is 518 g/mol. The minimum absolute atomic E-state index is 0.169. The van der Waals surface area contributed by atoms with Crippen LogP contribution < -0.4 is 9.04 Å². The second kappa shape index (κ2) is 11.3. The molecule has 2 heterocycles. The molecule has 1 aliphatic heterocycles. The highest BCUT2D eigenvalue weighted by atomic mass is 32.2. The highest BCUT2D eigenvalue weighted by Gasteiger charge is 2.35. The zero-order valence-corrected chi connectivity index (χ0v) is 22.6. The van der Waals surface area contributed by atoms with Crippen molar-refractivity contribution >= 4 is 21.9 Å². The van der Waals surface area contributed by atoms with Gasteiger partial charge in [-0.25, -0.2) is 4.98 Å². The van der Waals surface area contributed by atoms with Crippen molar-refractivity contribution in [3.63, 3.8) is 0 Å². The van der Waals surface area contributed by atoms with E-state index in [0.717, 1.165) is 22.0 Å². The van der Waals surface area contributed by atoms with E-state index in [1.54, 1.807) is 36.4 Å². The molecule has 0 atom stereocenters. The SMILES string of the molecule is CC(=O)ON(Cc1cccc(OCc2nc(-c3ccccc3)oc2C)c1)S(=O)(=O)N1CCCc2ccccc21. The normalized spacial score (nSPS) is 13.3. The van der Waals surface area contributed by atoms with E-state index in [9.17, 15) is 13.2 Å². The molecule has 0 saturated carbocycles. The van der Waals surface area contributed by atoms with Gasteiger partial charge in [-0.2, -0.15) is 8.42 Å². The number of oxazole rings is 1. The number of fused-ring (bicyclic) bond motifs is 1. The molecule has 39 heavy (non-hydrogen) atoms. The Hall–Kier alpha value is -4.15. The Kier molecular flexibility index (Phi) is 7.67. The summed E-state index contributed by atoms with van der Waals surface area (Å²) in [7, 11) is -4.17. The third-order valence-corrected chi connectivity index (χ3v) is 7.99. The van der Waals surface area contributed by atoms with Crippen molar-refractivity contribution in [2.45, 2.75) is 39.8 Å². The molecule has 10 heteroatoms. The predicted octanol–water partition coefficient (Wildman–Crippen LogP) is 5.21. The standard InChI is InChI=1S/C29H29N3O6S/c1-21-27(30-29(37-21)25-12-4-3-5-13-25)20-36-26-15-8-10-23(18-26)19-32(38-22(2)33)39(34,35)31-17-9-14-24-11-6-7-16-28(24)31/h3-8,10-13,15-16,18H,9,14,17,19-20H2,1-2H3. The van der Waals surface area contributed by atoms with Crippen LogP contribution in [-0.2, 0) is 39.4 Å². The van der Waals surface area contributed by atoms with Gasteiger partial charge in [0.05, 0.1) is 12.2 Å². The monoisotopic (exact) mass is 547 g/mol. The van der Waals surface area contributed by atoms with Gasteiger partial charge in [-0.15, -0.1) is 0 Å². The number of benzene rings is 3. The fourth-order valence-corrected chi connectivity index (χ4v) is 5.97. The number of aromatic nitrogens is 1. The third kappa shape index (κ3) is 5.97. The molecule has 0 N–H and O–H groups in total. The van der Waals surface area contributed by atoms with Crippen molar-refractivity contribution in [1.29, 1.82) is 0 Å². The number of carbonyl (C=O) groups excluding carboxylic acids is 1. The van der Waals surface area contributed by atoms with Gasteiger partial charge in [0.15, 0.2) is 0 Å². The summed E-state index contributed by atoms with van der Waals surface area (Å²) in [5, 5.41) is 0. The predicted molar refractivity (Wildman–Crippen MR) is 146 cm³/mol. The van der Waals surface area contributed by atoms with Crippen molar-refractivity contribution < 1.29 is 27.2 Å². The van der Waals surface area contributed by atoms with Gasteiger partial charge >= 0.3 is 16.2 Å². The van der Waals surface area contributed by atoms with Crippen molar-refractivity contribution in [2.75, 3.05) is 10.8 Å². The number of hydroxylamine groups is 1. The van der Waals surface area contributed by atoms with Crippen LogP contribution >= 0.6 is 0 Å². The summed E-state index contributed by atoms with van der Waals surface area (Å²) in [6, 6.07) is 23.9. The van der Waals surface area contributed by atoms with Crippen LogP contribution in [0.1, 0.15) is 35.9 Å². The molecule has 5 rings (SSSR count). The van der Waals surface area contributed by atoms with Crippen LogP contribution in [0.2, 0.25) is 0 Å². The van der Waals surface area contributed by atoms with Crippen molar-refractivity contribution in [3.05, 3.63) is 101 Å². The molecule has 0 amide bonds. The Labute approximate surface area is 227 Å². The Morgan fingerprint density at radius 2 is 1.82 bits per heavy atom. The Morgan fingerprint density at radius 1 is 1.05 bits per heavy atom. The number of para-hydroxylation sites is 1. The van der Waals surface area contributed by atoms with Crippen molar-refractivity contribution in [2.24, 2.45) is 0 Å². The van der Waals surface area contributed by atoms with E-state index in [-0.39, 0.29) is 13.2 Å². The van der Waals surface area contributed by atoms with Gasteiger partial charge < -0.3 is 14.0 Å². The minimum atomic E-state index is -4.17. The summed E-state index contributed by atoms with van der Waals surface area (Å²) >= 11 is 0. The lowest BCUT2D eigenvalue weighted by Gasteiger charge is -2.33. The number of ether oxygens (including phenoxy) is 1. The average molecular weight is 548 g/mol. The van der Waals surface area contributed by atoms with Gasteiger partial charge in [-0.3, -0.25) is 9.10 Å². The molecule has 0 spiro atoms. The maximum absolute atomic E-state index is 13.7. The number of aryl methyl sites for hydroxylation is 2. The molecule has 0 saturated heterocycles. The van der Waals surface area contributed by atoms with Crippen molar-refractivity contribution in [1.82, 2.24) is 9.45 Å². The minimum Gasteiger partial charge on any atom is -0.487 e. The maximum Gasteiger partial charge on any atom is 0.335 e. The lowest BCUT2D eigenvalue weighted by atomic mass is 10.0. The summed E-state index contributed by atoms with van der Waals surface area (Å²) in [4.78, 5) is 21.7. The Balaban J connectivity index is 1.33. The van der Waals surface area contributed by atoms with Crippen molar-refractivity contribution in [3.8, 4) is 17.2 Å². The number of nitrogens with zero attached hydrogens (tertiary/aromatic N) is 3. The van der Waals surface area contributed by atoms with Gasteiger partial charge in [0.25, 0.3) is 0 Å². The highest BCUT2D eigenvalue weighted by Crippen LogP contribution is 2.31. The average Bonchev–Trinajstić information content (AvgIpc) is 3.32.